The van der Waals surface area contributed by atoms with Crippen LogP contribution in [0, 0.1) is 0 Å². The van der Waals surface area contributed by atoms with Crippen LogP contribution in [0.3, 0.4) is 0 Å². The highest BCUT2D eigenvalue weighted by Gasteiger charge is 2.25. The fourth-order valence-electron chi connectivity index (χ4n) is 1.25. The van der Waals surface area contributed by atoms with Crippen LogP contribution in [0.15, 0.2) is 0 Å². The smallest absolute Gasteiger partial charge is 0.305 e. The quantitative estimate of drug-likeness (QED) is 0.638. The maximum atomic E-state index is 10.4. The van der Waals surface area contributed by atoms with E-state index in [4.69, 9.17) is 19.1 Å². The van der Waals surface area contributed by atoms with Gasteiger partial charge in [-0.25, -0.2) is 0 Å². The summed E-state index contributed by atoms with van der Waals surface area (Å²) in [6.45, 7) is -0.0768. The molecule has 0 spiro atoms. The van der Waals surface area contributed by atoms with Crippen LogP contribution in [0.4, 0.5) is 0 Å². The fraction of sp³-hybridized carbons (Fsp3) is 0.857. The minimum absolute atomic E-state index is 0.0238. The van der Waals surface area contributed by atoms with Gasteiger partial charge in [-0.3, -0.25) is 13.5 Å². The van der Waals surface area contributed by atoms with Gasteiger partial charge >= 0.3 is 17.3 Å². The second kappa shape index (κ2) is 6.13. The van der Waals surface area contributed by atoms with Crippen molar-refractivity contribution in [2.24, 2.45) is 0 Å². The van der Waals surface area contributed by atoms with Crippen LogP contribution in [0.5, 0.6) is 0 Å². The van der Waals surface area contributed by atoms with Gasteiger partial charge in [-0.2, -0.15) is 4.21 Å². The Kier molecular flexibility index (Phi) is 5.12. The molecule has 1 aliphatic heterocycles. The third kappa shape index (κ3) is 5.19. The van der Waals surface area contributed by atoms with Crippen molar-refractivity contribution in [2.75, 3.05) is 13.4 Å². The Morgan fingerprint density at radius 3 is 2.73 bits per heavy atom. The van der Waals surface area contributed by atoms with Gasteiger partial charge in [0, 0.05) is 6.42 Å². The number of carboxylic acid groups (broad SMARTS) is 1. The first kappa shape index (κ1) is 12.5. The van der Waals surface area contributed by atoms with Crippen molar-refractivity contribution in [3.8, 4) is 0 Å². The molecule has 3 unspecified atom stereocenters. The van der Waals surface area contributed by atoms with E-state index in [1.807, 2.05) is 0 Å². The second-order valence-corrected chi connectivity index (χ2v) is 3.70. The van der Waals surface area contributed by atoms with Crippen LogP contribution in [0.2, 0.25) is 0 Å². The van der Waals surface area contributed by atoms with Gasteiger partial charge in [0.25, 0.3) is 0 Å². The first-order valence-electron chi connectivity index (χ1n) is 4.27. The summed E-state index contributed by atoms with van der Waals surface area (Å²) in [6, 6.07) is 0. The Hall–Kier alpha value is -0.540. The lowest BCUT2D eigenvalue weighted by atomic mass is 10.1. The number of rotatable bonds is 5. The molecule has 0 aromatic carbocycles. The molecule has 1 aliphatic rings. The van der Waals surface area contributed by atoms with E-state index < -0.39 is 29.5 Å². The summed E-state index contributed by atoms with van der Waals surface area (Å²) in [5.74, 6) is -0.952. The van der Waals surface area contributed by atoms with E-state index in [9.17, 15) is 9.00 Å². The topological polar surface area (TPSA) is 102 Å². The largest absolute Gasteiger partial charge is 0.481 e. The molecule has 0 aliphatic carbocycles. The Bertz CT molecular complexity index is 243. The fourth-order valence-corrected chi connectivity index (χ4v) is 1.52. The third-order valence-electron chi connectivity index (χ3n) is 1.89. The van der Waals surface area contributed by atoms with Gasteiger partial charge in [0.1, 0.15) is 6.79 Å². The lowest BCUT2D eigenvalue weighted by Gasteiger charge is -2.28. The highest BCUT2D eigenvalue weighted by molar-refractivity contribution is 7.74. The Morgan fingerprint density at radius 1 is 1.47 bits per heavy atom. The van der Waals surface area contributed by atoms with Crippen LogP contribution in [0.1, 0.15) is 12.8 Å². The monoisotopic (exact) mass is 240 g/mol. The molecule has 8 heteroatoms. The Balaban J connectivity index is 2.28. The molecule has 7 nitrogen and oxygen atoms in total. The first-order valence-corrected chi connectivity index (χ1v) is 5.30. The first-order chi connectivity index (χ1) is 7.08. The van der Waals surface area contributed by atoms with Gasteiger partial charge in [0.2, 0.25) is 0 Å². The predicted octanol–water partition coefficient (Wildman–Crippen LogP) is -0.254. The molecule has 88 valence electrons. The number of hydrogen-bond acceptors (Lipinski definition) is 5. The van der Waals surface area contributed by atoms with E-state index in [2.05, 4.69) is 4.18 Å². The van der Waals surface area contributed by atoms with Crippen molar-refractivity contribution in [3.63, 3.8) is 0 Å². The molecule has 0 aromatic heterocycles. The summed E-state index contributed by atoms with van der Waals surface area (Å²) < 4.78 is 33.1. The summed E-state index contributed by atoms with van der Waals surface area (Å²) in [6.07, 6.45) is -0.609. The summed E-state index contributed by atoms with van der Waals surface area (Å²) in [4.78, 5) is 10.4. The number of carboxylic acids is 1. The van der Waals surface area contributed by atoms with Gasteiger partial charge in [0.15, 0.2) is 0 Å². The van der Waals surface area contributed by atoms with Crippen molar-refractivity contribution in [1.82, 2.24) is 0 Å². The lowest BCUT2D eigenvalue weighted by molar-refractivity contribution is -0.187. The molecule has 3 atom stereocenters. The molecule has 15 heavy (non-hydrogen) atoms. The second-order valence-electron chi connectivity index (χ2n) is 3.03. The van der Waals surface area contributed by atoms with E-state index in [0.717, 1.165) is 0 Å². The van der Waals surface area contributed by atoms with E-state index >= 15 is 0 Å². The predicted molar refractivity (Wildman–Crippen MR) is 48.2 cm³/mol. The van der Waals surface area contributed by atoms with Crippen LogP contribution < -0.4 is 0 Å². The lowest BCUT2D eigenvalue weighted by Crippen LogP contribution is -2.35. The summed E-state index contributed by atoms with van der Waals surface area (Å²) in [5, 5.41) is 8.53. The van der Waals surface area contributed by atoms with E-state index in [1.165, 1.54) is 0 Å². The van der Waals surface area contributed by atoms with E-state index in [-0.39, 0.29) is 19.8 Å². The minimum atomic E-state index is -2.33. The molecule has 0 bridgehead atoms. The molecule has 0 saturated carbocycles. The third-order valence-corrected chi connectivity index (χ3v) is 2.23. The van der Waals surface area contributed by atoms with Gasteiger partial charge in [-0.1, -0.05) is 0 Å². The highest BCUT2D eigenvalue weighted by atomic mass is 32.2. The average Bonchev–Trinajstić information content (AvgIpc) is 2.14. The minimum Gasteiger partial charge on any atom is -0.481 e. The average molecular weight is 240 g/mol. The standard InChI is InChI=1S/C7H12O7S/c8-7(9)2-5-1-6(13-4-12-5)3-14-15(10)11/h5-6H,1-4H2,(H,8,9)(H,10,11). The molecular formula is C7H12O7S. The normalized spacial score (nSPS) is 28.6. The molecule has 1 saturated heterocycles. The van der Waals surface area contributed by atoms with Crippen LogP contribution in [-0.4, -0.2) is 45.4 Å². The molecule has 2 N–H and O–H groups in total. The Labute approximate surface area is 88.8 Å². The number of ether oxygens (including phenoxy) is 2. The zero-order valence-electron chi connectivity index (χ0n) is 7.83. The van der Waals surface area contributed by atoms with Crippen LogP contribution in [0.25, 0.3) is 0 Å². The van der Waals surface area contributed by atoms with Crippen molar-refractivity contribution in [2.45, 2.75) is 25.0 Å². The maximum absolute atomic E-state index is 10.4. The van der Waals surface area contributed by atoms with Crippen molar-refractivity contribution >= 4 is 17.3 Å². The molecule has 0 amide bonds. The molecule has 1 fully saturated rings. The summed E-state index contributed by atoms with van der Waals surface area (Å²) in [7, 11) is 0. The van der Waals surface area contributed by atoms with E-state index in [1.54, 1.807) is 0 Å². The number of carbonyl (C=O) groups is 1. The van der Waals surface area contributed by atoms with Crippen LogP contribution >= 0.6 is 0 Å². The van der Waals surface area contributed by atoms with Gasteiger partial charge in [0.05, 0.1) is 25.2 Å². The van der Waals surface area contributed by atoms with Crippen molar-refractivity contribution < 1.29 is 32.3 Å². The van der Waals surface area contributed by atoms with Gasteiger partial charge in [-0.15, -0.1) is 0 Å². The maximum Gasteiger partial charge on any atom is 0.305 e. The van der Waals surface area contributed by atoms with Gasteiger partial charge < -0.3 is 14.6 Å². The zero-order valence-corrected chi connectivity index (χ0v) is 8.64. The number of hydrogen-bond donors (Lipinski definition) is 2. The molecule has 0 radical (unpaired) electrons. The van der Waals surface area contributed by atoms with Gasteiger partial charge in [-0.05, 0) is 0 Å². The van der Waals surface area contributed by atoms with Crippen LogP contribution in [-0.2, 0) is 29.8 Å². The number of aliphatic carboxylic acids is 1. The molecule has 1 heterocycles. The van der Waals surface area contributed by atoms with E-state index in [0.29, 0.717) is 6.42 Å². The van der Waals surface area contributed by atoms with Crippen molar-refractivity contribution in [1.29, 1.82) is 0 Å². The zero-order chi connectivity index (χ0) is 11.3. The summed E-state index contributed by atoms with van der Waals surface area (Å²) >= 11 is -2.33. The SMILES string of the molecule is O=C(O)CC1CC(COS(=O)O)OCO1. The molecular weight excluding hydrogens is 228 g/mol. The van der Waals surface area contributed by atoms with Crippen molar-refractivity contribution in [3.05, 3.63) is 0 Å². The highest BCUT2D eigenvalue weighted by Crippen LogP contribution is 2.16. The molecule has 1 rings (SSSR count). The molecule has 0 aromatic rings. The Morgan fingerprint density at radius 2 is 2.13 bits per heavy atom. The summed E-state index contributed by atoms with van der Waals surface area (Å²) in [5.41, 5.74) is 0.